The van der Waals surface area contributed by atoms with Gasteiger partial charge in [-0.15, -0.1) is 0 Å². The minimum absolute atomic E-state index is 0.0667. The van der Waals surface area contributed by atoms with Crippen molar-refractivity contribution in [2.75, 3.05) is 19.1 Å². The van der Waals surface area contributed by atoms with E-state index in [2.05, 4.69) is 5.16 Å². The normalized spacial score (nSPS) is 17.6. The van der Waals surface area contributed by atoms with Crippen molar-refractivity contribution >= 4 is 23.3 Å². The minimum Gasteiger partial charge on any atom is -0.507 e. The van der Waals surface area contributed by atoms with Crippen molar-refractivity contribution in [2.45, 2.75) is 19.9 Å². The highest BCUT2D eigenvalue weighted by Gasteiger charge is 2.49. The van der Waals surface area contributed by atoms with Crippen LogP contribution in [0, 0.1) is 13.8 Å². The largest absolute Gasteiger partial charge is 0.507 e. The zero-order valence-electron chi connectivity index (χ0n) is 18.1. The van der Waals surface area contributed by atoms with E-state index in [0.29, 0.717) is 28.4 Å². The molecule has 32 heavy (non-hydrogen) atoms. The quantitative estimate of drug-likeness (QED) is 0.369. The van der Waals surface area contributed by atoms with Gasteiger partial charge >= 0.3 is 5.91 Å². The predicted molar refractivity (Wildman–Crippen MR) is 117 cm³/mol. The SMILES string of the molecule is COc1ccc([C@@H]2C(=C(O)c3ccc(C)cc3)C(=O)C(=O)N2c2cc(C)on2)c(OC)c1. The average molecular weight is 434 g/mol. The Balaban J connectivity index is 1.98. The lowest BCUT2D eigenvalue weighted by molar-refractivity contribution is -0.132. The number of Topliss-reactive ketones (excluding diaryl/α,β-unsaturated/α-hetero) is 1. The van der Waals surface area contributed by atoms with Gasteiger partial charge in [0.25, 0.3) is 5.78 Å². The number of methoxy groups -OCH3 is 2. The van der Waals surface area contributed by atoms with Gasteiger partial charge < -0.3 is 19.1 Å². The smallest absolute Gasteiger partial charge is 0.301 e. The summed E-state index contributed by atoms with van der Waals surface area (Å²) in [6.07, 6.45) is 0. The third-order valence-electron chi connectivity index (χ3n) is 5.37. The number of ether oxygens (including phenoxy) is 2. The number of amides is 1. The molecule has 0 spiro atoms. The maximum absolute atomic E-state index is 13.2. The highest BCUT2D eigenvalue weighted by molar-refractivity contribution is 6.51. The summed E-state index contributed by atoms with van der Waals surface area (Å²) < 4.78 is 15.9. The van der Waals surface area contributed by atoms with Crippen LogP contribution in [0.5, 0.6) is 11.5 Å². The summed E-state index contributed by atoms with van der Waals surface area (Å²) in [5, 5.41) is 15.1. The van der Waals surface area contributed by atoms with Crippen LogP contribution in [-0.4, -0.2) is 36.2 Å². The highest BCUT2D eigenvalue weighted by atomic mass is 16.5. The summed E-state index contributed by atoms with van der Waals surface area (Å²) >= 11 is 0. The summed E-state index contributed by atoms with van der Waals surface area (Å²) in [7, 11) is 3.00. The molecule has 1 atom stereocenters. The molecular formula is C24H22N2O6. The number of anilines is 1. The number of benzene rings is 2. The van der Waals surface area contributed by atoms with E-state index in [0.717, 1.165) is 5.56 Å². The van der Waals surface area contributed by atoms with Gasteiger partial charge in [-0.2, -0.15) is 0 Å². The Kier molecular flexibility index (Phi) is 5.44. The number of hydrogen-bond donors (Lipinski definition) is 1. The Morgan fingerprint density at radius 3 is 2.34 bits per heavy atom. The van der Waals surface area contributed by atoms with Crippen LogP contribution < -0.4 is 14.4 Å². The highest BCUT2D eigenvalue weighted by Crippen LogP contribution is 2.45. The Bertz CT molecular complexity index is 1230. The molecule has 0 saturated carbocycles. The van der Waals surface area contributed by atoms with E-state index < -0.39 is 17.7 Å². The first-order valence-corrected chi connectivity index (χ1v) is 9.89. The first-order chi connectivity index (χ1) is 15.3. The Morgan fingerprint density at radius 1 is 1.03 bits per heavy atom. The Hall–Kier alpha value is -4.07. The molecule has 1 amide bonds. The molecule has 2 heterocycles. The third kappa shape index (κ3) is 3.49. The van der Waals surface area contributed by atoms with Crippen LogP contribution in [-0.2, 0) is 9.59 Å². The molecule has 1 aliphatic heterocycles. The number of nitrogens with zero attached hydrogens (tertiary/aromatic N) is 2. The number of aliphatic hydroxyl groups is 1. The first kappa shape index (κ1) is 21.2. The molecule has 1 aromatic heterocycles. The molecule has 2 aromatic carbocycles. The molecule has 8 heteroatoms. The van der Waals surface area contributed by atoms with Crippen LogP contribution in [0.15, 0.2) is 58.6 Å². The van der Waals surface area contributed by atoms with Crippen molar-refractivity contribution in [2.24, 2.45) is 0 Å². The number of ketones is 1. The van der Waals surface area contributed by atoms with Gasteiger partial charge in [0.2, 0.25) is 0 Å². The zero-order valence-corrected chi connectivity index (χ0v) is 18.1. The van der Waals surface area contributed by atoms with Gasteiger partial charge in [-0.1, -0.05) is 35.0 Å². The molecule has 4 rings (SSSR count). The topological polar surface area (TPSA) is 102 Å². The zero-order chi connectivity index (χ0) is 23.0. The molecule has 1 aliphatic rings. The van der Waals surface area contributed by atoms with Crippen molar-refractivity contribution in [3.63, 3.8) is 0 Å². The molecule has 0 aliphatic carbocycles. The number of carbonyl (C=O) groups excluding carboxylic acids is 2. The van der Waals surface area contributed by atoms with Gasteiger partial charge in [-0.3, -0.25) is 14.5 Å². The lowest BCUT2D eigenvalue weighted by atomic mass is 9.94. The van der Waals surface area contributed by atoms with Gasteiger partial charge in [-0.25, -0.2) is 0 Å². The number of hydrogen-bond acceptors (Lipinski definition) is 7. The van der Waals surface area contributed by atoms with Crippen molar-refractivity contribution in [3.05, 3.63) is 76.6 Å². The van der Waals surface area contributed by atoms with E-state index in [1.165, 1.54) is 19.1 Å². The number of rotatable bonds is 5. The molecule has 0 radical (unpaired) electrons. The van der Waals surface area contributed by atoms with Gasteiger partial charge in [-0.05, 0) is 26.0 Å². The van der Waals surface area contributed by atoms with Gasteiger partial charge in [0.1, 0.15) is 29.1 Å². The van der Waals surface area contributed by atoms with E-state index in [1.807, 2.05) is 19.1 Å². The minimum atomic E-state index is -0.985. The fourth-order valence-corrected chi connectivity index (χ4v) is 3.74. The number of aliphatic hydroxyl groups excluding tert-OH is 1. The summed E-state index contributed by atoms with van der Waals surface area (Å²) in [5.74, 6) is -0.374. The van der Waals surface area contributed by atoms with Crippen LogP contribution in [0.1, 0.15) is 28.5 Å². The summed E-state index contributed by atoms with van der Waals surface area (Å²) in [5.41, 5.74) is 1.83. The molecule has 1 N–H and O–H groups in total. The summed E-state index contributed by atoms with van der Waals surface area (Å²) in [6.45, 7) is 3.60. The Morgan fingerprint density at radius 2 is 1.75 bits per heavy atom. The van der Waals surface area contributed by atoms with Crippen LogP contribution in [0.2, 0.25) is 0 Å². The fraction of sp³-hybridized carbons (Fsp3) is 0.208. The van der Waals surface area contributed by atoms with Crippen molar-refractivity contribution in [1.29, 1.82) is 0 Å². The monoisotopic (exact) mass is 434 g/mol. The third-order valence-corrected chi connectivity index (χ3v) is 5.37. The molecule has 0 bridgehead atoms. The lowest BCUT2D eigenvalue weighted by Gasteiger charge is -2.24. The van der Waals surface area contributed by atoms with Crippen LogP contribution in [0.4, 0.5) is 5.82 Å². The molecule has 1 fully saturated rings. The van der Waals surface area contributed by atoms with Gasteiger partial charge in [0.05, 0.1) is 19.8 Å². The first-order valence-electron chi connectivity index (χ1n) is 9.89. The number of aromatic nitrogens is 1. The summed E-state index contributed by atoms with van der Waals surface area (Å²) in [4.78, 5) is 27.5. The Labute approximate surface area is 184 Å². The average Bonchev–Trinajstić information content (AvgIpc) is 3.33. The second-order valence-electron chi connectivity index (χ2n) is 7.44. The van der Waals surface area contributed by atoms with Gasteiger partial charge in [0.15, 0.2) is 5.82 Å². The van der Waals surface area contributed by atoms with Crippen molar-refractivity contribution < 1.29 is 28.7 Å². The predicted octanol–water partition coefficient (Wildman–Crippen LogP) is 3.93. The summed E-state index contributed by atoms with van der Waals surface area (Å²) in [6, 6.07) is 12.6. The molecule has 1 saturated heterocycles. The van der Waals surface area contributed by atoms with E-state index in [9.17, 15) is 14.7 Å². The van der Waals surface area contributed by atoms with E-state index in [1.54, 1.807) is 43.3 Å². The van der Waals surface area contributed by atoms with Crippen molar-refractivity contribution in [3.8, 4) is 11.5 Å². The number of aryl methyl sites for hydroxylation is 2. The molecule has 0 unspecified atom stereocenters. The molecule has 164 valence electrons. The van der Waals surface area contributed by atoms with Gasteiger partial charge in [0, 0.05) is 23.3 Å². The fourth-order valence-electron chi connectivity index (χ4n) is 3.74. The number of carbonyl (C=O) groups is 2. The molecule has 8 nitrogen and oxygen atoms in total. The van der Waals surface area contributed by atoms with Crippen LogP contribution in [0.3, 0.4) is 0 Å². The molecular weight excluding hydrogens is 412 g/mol. The van der Waals surface area contributed by atoms with Crippen LogP contribution >= 0.6 is 0 Å². The second kappa shape index (κ2) is 8.22. The van der Waals surface area contributed by atoms with E-state index in [4.69, 9.17) is 14.0 Å². The second-order valence-corrected chi connectivity index (χ2v) is 7.44. The maximum atomic E-state index is 13.2. The van der Waals surface area contributed by atoms with E-state index in [-0.39, 0.29) is 17.2 Å². The van der Waals surface area contributed by atoms with Crippen LogP contribution in [0.25, 0.3) is 5.76 Å². The van der Waals surface area contributed by atoms with E-state index >= 15 is 0 Å². The standard InChI is InChI=1S/C24H22N2O6/c1-13-5-7-15(8-6-13)22(27)20-21(17-10-9-16(30-3)12-18(17)31-4)26(24(29)23(20)28)19-11-14(2)32-25-19/h5-12,21,27H,1-4H3/t21-/m1/s1. The van der Waals surface area contributed by atoms with Crippen molar-refractivity contribution in [1.82, 2.24) is 5.16 Å². The lowest BCUT2D eigenvalue weighted by Crippen LogP contribution is -2.30. The molecule has 3 aromatic rings. The maximum Gasteiger partial charge on any atom is 0.301 e.